The Labute approximate surface area is 194 Å². The molecule has 1 aromatic rings. The predicted octanol–water partition coefficient (Wildman–Crippen LogP) is 2.94. The van der Waals surface area contributed by atoms with Gasteiger partial charge in [0, 0.05) is 6.04 Å². The molecule has 0 heterocycles. The topological polar surface area (TPSA) is 129 Å². The van der Waals surface area contributed by atoms with Crippen LogP contribution >= 0.6 is 0 Å². The van der Waals surface area contributed by atoms with Crippen molar-refractivity contribution in [1.29, 1.82) is 0 Å². The number of ether oxygens (including phenoxy) is 4. The lowest BCUT2D eigenvalue weighted by molar-refractivity contribution is -0.148. The molecule has 2 amide bonds. The fourth-order valence-corrected chi connectivity index (χ4v) is 3.00. The number of hydrogen-bond acceptors (Lipinski definition) is 8. The monoisotopic (exact) mass is 466 g/mol. The van der Waals surface area contributed by atoms with Crippen LogP contribution in [0, 0.1) is 5.92 Å². The van der Waals surface area contributed by atoms with Crippen molar-refractivity contribution in [2.75, 3.05) is 14.2 Å². The number of methoxy groups -OCH3 is 2. The zero-order valence-electron chi connectivity index (χ0n) is 20.0. The van der Waals surface area contributed by atoms with Gasteiger partial charge in [-0.05, 0) is 46.1 Å². The molecule has 0 aromatic heterocycles. The highest BCUT2D eigenvalue weighted by Crippen LogP contribution is 2.18. The number of rotatable bonds is 10. The van der Waals surface area contributed by atoms with Crippen LogP contribution in [0.2, 0.25) is 0 Å². The molecule has 0 saturated carbocycles. The molecular formula is C23H34N2O8. The number of amides is 2. The minimum absolute atomic E-state index is 0.101. The Hall–Kier alpha value is -3.30. The van der Waals surface area contributed by atoms with Gasteiger partial charge in [0.05, 0.1) is 20.1 Å². The Morgan fingerprint density at radius 2 is 1.48 bits per heavy atom. The Bertz CT molecular complexity index is 791. The third-order valence-corrected chi connectivity index (χ3v) is 4.45. The van der Waals surface area contributed by atoms with E-state index in [9.17, 15) is 19.2 Å². The molecule has 2 N–H and O–H groups in total. The number of esters is 2. The molecule has 10 heteroatoms. The number of hydrogen-bond donors (Lipinski definition) is 2. The van der Waals surface area contributed by atoms with Crippen molar-refractivity contribution in [2.45, 2.75) is 64.8 Å². The fraction of sp³-hybridized carbons (Fsp3) is 0.565. The van der Waals surface area contributed by atoms with Gasteiger partial charge in [0.25, 0.3) is 0 Å². The molecule has 1 rings (SSSR count). The SMILES string of the molecule is COC(=O)C(C[C@@H](CC(C)NC(=O)OCc1ccccc1)C(=O)OC)NC(=O)OC(C)(C)C. The standard InChI is InChI=1S/C23H34N2O8/c1-15(24-21(28)32-14-16-10-8-7-9-11-16)12-17(19(26)30-5)13-18(20(27)31-6)25-22(29)33-23(2,3)4/h7-11,15,17-18H,12-14H2,1-6H3,(H,24,28)(H,25,29)/t15?,17-,18?/m1/s1. The molecule has 0 radical (unpaired) electrons. The Morgan fingerprint density at radius 3 is 2.03 bits per heavy atom. The summed E-state index contributed by atoms with van der Waals surface area (Å²) in [5.41, 5.74) is 0.0623. The maximum absolute atomic E-state index is 12.3. The van der Waals surface area contributed by atoms with Crippen molar-refractivity contribution in [3.63, 3.8) is 0 Å². The van der Waals surface area contributed by atoms with Crippen LogP contribution in [0.4, 0.5) is 9.59 Å². The minimum Gasteiger partial charge on any atom is -0.469 e. The van der Waals surface area contributed by atoms with E-state index in [2.05, 4.69) is 10.6 Å². The first kappa shape index (κ1) is 27.7. The van der Waals surface area contributed by atoms with E-state index in [4.69, 9.17) is 18.9 Å². The van der Waals surface area contributed by atoms with Crippen LogP contribution in [0.3, 0.4) is 0 Å². The van der Waals surface area contributed by atoms with E-state index in [0.717, 1.165) is 5.56 Å². The van der Waals surface area contributed by atoms with Crippen molar-refractivity contribution >= 4 is 24.1 Å². The normalized spacial score (nSPS) is 13.6. The molecule has 184 valence electrons. The summed E-state index contributed by atoms with van der Waals surface area (Å²) in [6.07, 6.45) is -1.44. The summed E-state index contributed by atoms with van der Waals surface area (Å²) in [6, 6.07) is 7.55. The third kappa shape index (κ3) is 11.2. The summed E-state index contributed by atoms with van der Waals surface area (Å²) >= 11 is 0. The van der Waals surface area contributed by atoms with Gasteiger partial charge in [-0.25, -0.2) is 14.4 Å². The van der Waals surface area contributed by atoms with Gasteiger partial charge in [0.2, 0.25) is 0 Å². The molecule has 1 aromatic carbocycles. The van der Waals surface area contributed by atoms with Gasteiger partial charge in [0.1, 0.15) is 18.2 Å². The van der Waals surface area contributed by atoms with Crippen LogP contribution in [0.15, 0.2) is 30.3 Å². The van der Waals surface area contributed by atoms with E-state index in [1.807, 2.05) is 30.3 Å². The molecule has 0 fully saturated rings. The van der Waals surface area contributed by atoms with Crippen molar-refractivity contribution in [3.8, 4) is 0 Å². The Morgan fingerprint density at radius 1 is 0.879 bits per heavy atom. The van der Waals surface area contributed by atoms with Crippen LogP contribution in [-0.2, 0) is 35.1 Å². The predicted molar refractivity (Wildman–Crippen MR) is 119 cm³/mol. The number of carbonyl (C=O) groups excluding carboxylic acids is 4. The number of benzene rings is 1. The number of nitrogens with one attached hydrogen (secondary N) is 2. The zero-order chi connectivity index (χ0) is 25.0. The molecule has 0 aliphatic heterocycles. The lowest BCUT2D eigenvalue weighted by atomic mass is 9.93. The first-order valence-electron chi connectivity index (χ1n) is 10.6. The molecule has 0 aliphatic rings. The first-order valence-corrected chi connectivity index (χ1v) is 10.6. The van der Waals surface area contributed by atoms with Crippen LogP contribution in [0.25, 0.3) is 0 Å². The molecule has 10 nitrogen and oxygen atoms in total. The average molecular weight is 467 g/mol. The molecule has 0 bridgehead atoms. The smallest absolute Gasteiger partial charge is 0.408 e. The van der Waals surface area contributed by atoms with Crippen molar-refractivity contribution in [2.24, 2.45) is 5.92 Å². The van der Waals surface area contributed by atoms with E-state index in [0.29, 0.717) is 0 Å². The molecule has 33 heavy (non-hydrogen) atoms. The van der Waals surface area contributed by atoms with Gasteiger partial charge in [-0.1, -0.05) is 30.3 Å². The summed E-state index contributed by atoms with van der Waals surface area (Å²) in [6.45, 7) is 6.84. The highest BCUT2D eigenvalue weighted by molar-refractivity contribution is 5.82. The van der Waals surface area contributed by atoms with Crippen molar-refractivity contribution in [1.82, 2.24) is 10.6 Å². The van der Waals surface area contributed by atoms with Crippen molar-refractivity contribution in [3.05, 3.63) is 35.9 Å². The maximum Gasteiger partial charge on any atom is 0.408 e. The summed E-state index contributed by atoms with van der Waals surface area (Å²) in [7, 11) is 2.39. The van der Waals surface area contributed by atoms with Crippen LogP contribution < -0.4 is 10.6 Å². The van der Waals surface area contributed by atoms with E-state index >= 15 is 0 Å². The number of alkyl carbamates (subject to hydrolysis) is 2. The van der Waals surface area contributed by atoms with Gasteiger partial charge in [-0.15, -0.1) is 0 Å². The minimum atomic E-state index is -1.15. The summed E-state index contributed by atoms with van der Waals surface area (Å²) < 4.78 is 20.0. The lowest BCUT2D eigenvalue weighted by Crippen LogP contribution is -2.46. The summed E-state index contributed by atoms with van der Waals surface area (Å²) in [4.78, 5) is 48.8. The maximum atomic E-state index is 12.3. The summed E-state index contributed by atoms with van der Waals surface area (Å²) in [5.74, 6) is -2.16. The molecular weight excluding hydrogens is 432 g/mol. The van der Waals surface area contributed by atoms with Crippen molar-refractivity contribution < 1.29 is 38.1 Å². The average Bonchev–Trinajstić information content (AvgIpc) is 2.74. The second kappa shape index (κ2) is 13.3. The molecule has 0 saturated heterocycles. The van der Waals surface area contributed by atoms with E-state index in [1.54, 1.807) is 27.7 Å². The van der Waals surface area contributed by atoms with Gasteiger partial charge in [-0.3, -0.25) is 4.79 Å². The molecule has 0 spiro atoms. The van der Waals surface area contributed by atoms with Gasteiger partial charge >= 0.3 is 24.1 Å². The van der Waals surface area contributed by atoms with Gasteiger partial charge in [-0.2, -0.15) is 0 Å². The molecule has 3 atom stereocenters. The number of carbonyl (C=O) groups is 4. The second-order valence-corrected chi connectivity index (χ2v) is 8.52. The first-order chi connectivity index (χ1) is 15.4. The van der Waals surface area contributed by atoms with Crippen LogP contribution in [-0.4, -0.2) is 56.0 Å². The van der Waals surface area contributed by atoms with Gasteiger partial charge < -0.3 is 29.6 Å². The van der Waals surface area contributed by atoms with Gasteiger partial charge in [0.15, 0.2) is 0 Å². The Kier molecular flexibility index (Phi) is 11.2. The largest absolute Gasteiger partial charge is 0.469 e. The Balaban J connectivity index is 2.74. The lowest BCUT2D eigenvalue weighted by Gasteiger charge is -2.25. The molecule has 2 unspecified atom stereocenters. The van der Waals surface area contributed by atoms with E-state index in [-0.39, 0.29) is 19.4 Å². The highest BCUT2D eigenvalue weighted by Gasteiger charge is 2.32. The van der Waals surface area contributed by atoms with E-state index < -0.39 is 47.7 Å². The molecule has 0 aliphatic carbocycles. The third-order valence-electron chi connectivity index (χ3n) is 4.45. The van der Waals surface area contributed by atoms with E-state index in [1.165, 1.54) is 14.2 Å². The fourth-order valence-electron chi connectivity index (χ4n) is 3.00. The van der Waals surface area contributed by atoms with Crippen LogP contribution in [0.5, 0.6) is 0 Å². The summed E-state index contributed by atoms with van der Waals surface area (Å²) in [5, 5.41) is 5.08. The zero-order valence-corrected chi connectivity index (χ0v) is 20.0. The van der Waals surface area contributed by atoms with Crippen LogP contribution in [0.1, 0.15) is 46.1 Å². The second-order valence-electron chi connectivity index (χ2n) is 8.52. The highest BCUT2D eigenvalue weighted by atomic mass is 16.6. The quantitative estimate of drug-likeness (QED) is 0.398.